The molecule has 4 aromatic carbocycles. The Morgan fingerprint density at radius 3 is 2.39 bits per heavy atom. The number of hydrogen-bond acceptors (Lipinski definition) is 5. The second kappa shape index (κ2) is 13.2. The summed E-state index contributed by atoms with van der Waals surface area (Å²) in [6, 6.07) is 32.1. The zero-order valence-corrected chi connectivity index (χ0v) is 31.0. The van der Waals surface area contributed by atoms with Crippen molar-refractivity contribution in [2.75, 3.05) is 18.6 Å². The number of carbonyl (C=O) groups is 2. The second-order valence-electron chi connectivity index (χ2n) is 14.2. The van der Waals surface area contributed by atoms with Gasteiger partial charge in [-0.25, -0.2) is 0 Å². The zero-order valence-electron chi connectivity index (χ0n) is 28.4. The molecule has 1 spiro atoms. The van der Waals surface area contributed by atoms with E-state index in [1.165, 1.54) is 10.8 Å². The van der Waals surface area contributed by atoms with Crippen LogP contribution >= 0.6 is 15.9 Å². The molecule has 7 nitrogen and oxygen atoms in total. The summed E-state index contributed by atoms with van der Waals surface area (Å²) in [5, 5.41) is 11.6. The van der Waals surface area contributed by atoms with Gasteiger partial charge in [0.1, 0.15) is 5.75 Å². The van der Waals surface area contributed by atoms with Crippen molar-refractivity contribution in [2.45, 2.75) is 69.2 Å². The predicted octanol–water partition coefficient (Wildman–Crippen LogP) is 6.56. The van der Waals surface area contributed by atoms with Crippen molar-refractivity contribution in [1.82, 2.24) is 4.90 Å². The van der Waals surface area contributed by atoms with Crippen molar-refractivity contribution in [3.63, 3.8) is 0 Å². The fourth-order valence-electron chi connectivity index (χ4n) is 8.74. The maximum atomic E-state index is 15.0. The molecule has 0 radical (unpaired) electrons. The molecule has 1 saturated heterocycles. The normalized spacial score (nSPS) is 24.7. The number of benzene rings is 4. The Kier molecular flexibility index (Phi) is 9.06. The molecule has 5 atom stereocenters. The molecule has 9 heteroatoms. The monoisotopic (exact) mass is 738 g/mol. The Hall–Kier alpha value is -3.76. The first-order chi connectivity index (χ1) is 23.6. The van der Waals surface area contributed by atoms with Gasteiger partial charge < -0.3 is 24.4 Å². The number of nitrogens with zero attached hydrogens (tertiary/aromatic N) is 2. The summed E-state index contributed by atoms with van der Waals surface area (Å²) in [5.74, 6) is 0.408. The molecule has 1 N–H and O–H groups in total. The molecule has 0 aliphatic carbocycles. The van der Waals surface area contributed by atoms with E-state index in [4.69, 9.17) is 9.47 Å². The Bertz CT molecular complexity index is 1870. The van der Waals surface area contributed by atoms with Crippen molar-refractivity contribution in [3.05, 3.63) is 124 Å². The van der Waals surface area contributed by atoms with Crippen LogP contribution in [0.15, 0.2) is 102 Å². The van der Waals surface area contributed by atoms with Gasteiger partial charge in [0.05, 0.1) is 52.6 Å². The Morgan fingerprint density at radius 1 is 1.00 bits per heavy atom. The maximum absolute atomic E-state index is 15.0. The van der Waals surface area contributed by atoms with E-state index in [0.29, 0.717) is 19.5 Å². The summed E-state index contributed by atoms with van der Waals surface area (Å²) in [6.07, 6.45) is 0.209. The SMILES string of the molecule is COc1ccc([Si](C)(C)[C@H]2[C@H](CC(=O)N3Cc4ccccc4C[C@H]3CO)O[C@@]3(C(=O)N(Cc4ccccc4)c4ccc(Br)cc43)[C@@H]2C)cc1. The Balaban J connectivity index is 1.30. The first-order valence-electron chi connectivity index (χ1n) is 17.0. The molecule has 0 aromatic heterocycles. The van der Waals surface area contributed by atoms with Gasteiger partial charge in [0.15, 0.2) is 5.60 Å². The minimum Gasteiger partial charge on any atom is -0.497 e. The van der Waals surface area contributed by atoms with Crippen LogP contribution in [0.3, 0.4) is 0 Å². The molecule has 1 fully saturated rings. The van der Waals surface area contributed by atoms with E-state index in [1.54, 1.807) is 7.11 Å². The molecule has 4 aromatic rings. The number of aliphatic hydroxyl groups excluding tert-OH is 1. The topological polar surface area (TPSA) is 79.3 Å². The maximum Gasteiger partial charge on any atom is 0.264 e. The van der Waals surface area contributed by atoms with Crippen LogP contribution in [0.4, 0.5) is 5.69 Å². The number of amides is 2. The van der Waals surface area contributed by atoms with Crippen LogP contribution in [-0.4, -0.2) is 55.8 Å². The third kappa shape index (κ3) is 5.74. The molecule has 3 aliphatic rings. The lowest BCUT2D eigenvalue weighted by molar-refractivity contribution is -0.151. The molecule has 0 saturated carbocycles. The van der Waals surface area contributed by atoms with Gasteiger partial charge in [0.25, 0.3) is 5.91 Å². The first-order valence-corrected chi connectivity index (χ1v) is 20.9. The zero-order chi connectivity index (χ0) is 34.5. The highest BCUT2D eigenvalue weighted by Gasteiger charge is 2.66. The van der Waals surface area contributed by atoms with Crippen molar-refractivity contribution < 1.29 is 24.2 Å². The Labute approximate surface area is 298 Å². The van der Waals surface area contributed by atoms with Gasteiger partial charge in [-0.15, -0.1) is 0 Å². The number of hydrogen-bond donors (Lipinski definition) is 1. The lowest BCUT2D eigenvalue weighted by atomic mass is 9.82. The summed E-state index contributed by atoms with van der Waals surface area (Å²) in [5.41, 5.74) is 3.64. The largest absolute Gasteiger partial charge is 0.497 e. The highest BCUT2D eigenvalue weighted by molar-refractivity contribution is 9.10. The highest BCUT2D eigenvalue weighted by Crippen LogP contribution is 2.60. The molecule has 3 aliphatic heterocycles. The van der Waals surface area contributed by atoms with Crippen LogP contribution in [-0.2, 0) is 39.4 Å². The minimum atomic E-state index is -2.44. The first kappa shape index (κ1) is 33.7. The standard InChI is InChI=1S/C40H43BrN2O5Si/c1-26-38(49(3,4)33-17-15-32(47-2)16-18-33)36(22-37(45)42-24-29-13-9-8-12-28(29)20-31(42)25-44)48-40(26)34-21-30(41)14-19-35(34)43(39(40)46)23-27-10-6-5-7-11-27/h5-19,21,26,31,36,38,44H,20,22-25H2,1-4H3/t26-,31+,36+,38-,40+/m1/s1. The van der Waals surface area contributed by atoms with Gasteiger partial charge in [-0.05, 0) is 59.0 Å². The van der Waals surface area contributed by atoms with Gasteiger partial charge >= 0.3 is 0 Å². The highest BCUT2D eigenvalue weighted by atomic mass is 79.9. The van der Waals surface area contributed by atoms with Gasteiger partial charge in [0, 0.05) is 22.5 Å². The number of aliphatic hydroxyl groups is 1. The number of methoxy groups -OCH3 is 1. The molecular formula is C40H43BrN2O5Si. The van der Waals surface area contributed by atoms with Gasteiger partial charge in [0.2, 0.25) is 5.91 Å². The quantitative estimate of drug-likeness (QED) is 0.208. The fraction of sp³-hybridized carbons (Fsp3) is 0.350. The van der Waals surface area contributed by atoms with Crippen LogP contribution in [0.5, 0.6) is 5.75 Å². The van der Waals surface area contributed by atoms with Gasteiger partial charge in [-0.1, -0.05) is 108 Å². The lowest BCUT2D eigenvalue weighted by Crippen LogP contribution is -2.52. The van der Waals surface area contributed by atoms with Gasteiger partial charge in [-0.3, -0.25) is 9.59 Å². The molecule has 0 bridgehead atoms. The fourth-order valence-corrected chi connectivity index (χ4v) is 13.1. The smallest absolute Gasteiger partial charge is 0.264 e. The minimum absolute atomic E-state index is 0.0617. The van der Waals surface area contributed by atoms with Crippen LogP contribution in [0.2, 0.25) is 18.6 Å². The Morgan fingerprint density at radius 2 is 1.69 bits per heavy atom. The molecule has 7 rings (SSSR count). The molecule has 254 valence electrons. The summed E-state index contributed by atoms with van der Waals surface area (Å²) in [4.78, 5) is 33.2. The molecule has 0 unspecified atom stereocenters. The molecule has 49 heavy (non-hydrogen) atoms. The van der Waals surface area contributed by atoms with E-state index < -0.39 is 19.8 Å². The predicted molar refractivity (Wildman–Crippen MR) is 198 cm³/mol. The van der Waals surface area contributed by atoms with E-state index in [1.807, 2.05) is 82.6 Å². The van der Waals surface area contributed by atoms with Crippen LogP contribution in [0.1, 0.15) is 35.6 Å². The van der Waals surface area contributed by atoms with E-state index in [2.05, 4.69) is 60.2 Å². The lowest BCUT2D eigenvalue weighted by Gasteiger charge is -2.39. The van der Waals surface area contributed by atoms with Crippen LogP contribution in [0.25, 0.3) is 0 Å². The average molecular weight is 740 g/mol. The molecule has 2 amide bonds. The van der Waals surface area contributed by atoms with E-state index in [-0.39, 0.29) is 42.3 Å². The molecular weight excluding hydrogens is 696 g/mol. The third-order valence-electron chi connectivity index (χ3n) is 11.2. The number of rotatable bonds is 8. The number of fused-ring (bicyclic) bond motifs is 3. The van der Waals surface area contributed by atoms with Crippen molar-refractivity contribution in [1.29, 1.82) is 0 Å². The van der Waals surface area contributed by atoms with Crippen LogP contribution < -0.4 is 14.8 Å². The summed E-state index contributed by atoms with van der Waals surface area (Å²) < 4.78 is 13.6. The summed E-state index contributed by atoms with van der Waals surface area (Å²) in [6.45, 7) is 7.55. The van der Waals surface area contributed by atoms with Crippen molar-refractivity contribution in [3.8, 4) is 5.75 Å². The number of anilines is 1. The molecule has 3 heterocycles. The van der Waals surface area contributed by atoms with E-state index in [9.17, 15) is 9.90 Å². The van der Waals surface area contributed by atoms with Crippen molar-refractivity contribution >= 4 is 46.7 Å². The number of carbonyl (C=O) groups excluding carboxylic acids is 2. The number of ether oxygens (including phenoxy) is 2. The summed E-state index contributed by atoms with van der Waals surface area (Å²) >= 11 is 3.69. The van der Waals surface area contributed by atoms with Crippen molar-refractivity contribution in [2.24, 2.45) is 5.92 Å². The third-order valence-corrected chi connectivity index (χ3v) is 16.1. The van der Waals surface area contributed by atoms with E-state index in [0.717, 1.165) is 32.6 Å². The van der Waals surface area contributed by atoms with E-state index >= 15 is 4.79 Å². The summed E-state index contributed by atoms with van der Waals surface area (Å²) in [7, 11) is -0.781. The second-order valence-corrected chi connectivity index (χ2v) is 19.8. The van der Waals surface area contributed by atoms with Gasteiger partial charge in [-0.2, -0.15) is 0 Å². The average Bonchev–Trinajstić information content (AvgIpc) is 3.53. The van der Waals surface area contributed by atoms with Crippen LogP contribution in [0, 0.1) is 5.92 Å². The number of halogens is 1.